The van der Waals surface area contributed by atoms with Crippen LogP contribution < -0.4 is 35.7 Å². The van der Waals surface area contributed by atoms with Crippen molar-refractivity contribution in [2.75, 3.05) is 0 Å². The van der Waals surface area contributed by atoms with Gasteiger partial charge in [-0.15, -0.1) is 5.70 Å². The van der Waals surface area contributed by atoms with Gasteiger partial charge in [-0.05, 0) is 99.7 Å². The van der Waals surface area contributed by atoms with Crippen LogP contribution in [0.25, 0.3) is 10.6 Å². The van der Waals surface area contributed by atoms with Gasteiger partial charge in [0.15, 0.2) is 0 Å². The van der Waals surface area contributed by atoms with Crippen molar-refractivity contribution in [3.8, 4) is 0 Å². The minimum Gasteiger partial charge on any atom is -0.675 e. The predicted octanol–water partition coefficient (Wildman–Crippen LogP) is -3.35. The van der Waals surface area contributed by atoms with Gasteiger partial charge in [-0.25, -0.2) is 0 Å². The first-order valence-corrected chi connectivity index (χ1v) is 21.1. The largest absolute Gasteiger partial charge is 0.675 e. The van der Waals surface area contributed by atoms with Crippen molar-refractivity contribution in [2.45, 2.75) is 135 Å². The van der Waals surface area contributed by atoms with E-state index in [1.807, 2.05) is 0 Å². The van der Waals surface area contributed by atoms with E-state index in [4.69, 9.17) is 25.4 Å². The Bertz CT molecular complexity index is 2430. The van der Waals surface area contributed by atoms with Crippen LogP contribution >= 0.6 is 0 Å². The molecule has 0 saturated carbocycles. The maximum absolute atomic E-state index is 13.6. The fourth-order valence-corrected chi connectivity index (χ4v) is 11.1. The van der Waals surface area contributed by atoms with Crippen LogP contribution in [-0.4, -0.2) is 76.4 Å². The van der Waals surface area contributed by atoms with Gasteiger partial charge in [-0.2, -0.15) is 5.70 Å². The summed E-state index contributed by atoms with van der Waals surface area (Å²) in [7, 11) is 0. The quantitative estimate of drug-likeness (QED) is 0.121. The molecule has 2 fully saturated rings. The van der Waals surface area contributed by atoms with Crippen LogP contribution in [0, 0.1) is 22.2 Å². The van der Waals surface area contributed by atoms with E-state index in [9.17, 15) is 74.1 Å². The third-order valence-corrected chi connectivity index (χ3v) is 14.2. The summed E-state index contributed by atoms with van der Waals surface area (Å²) in [6.45, 7) is 7.55. The molecule has 8 bridgehead atoms. The van der Waals surface area contributed by atoms with Crippen LogP contribution in [0.5, 0.6) is 0 Å². The summed E-state index contributed by atoms with van der Waals surface area (Å²) in [5.74, 6) is -12.7. The van der Waals surface area contributed by atoms with Gasteiger partial charge in [0.1, 0.15) is 0 Å². The summed E-state index contributed by atoms with van der Waals surface area (Å²) >= 11 is 0. The number of esters is 1. The van der Waals surface area contributed by atoms with Crippen molar-refractivity contribution >= 4 is 59.2 Å². The molecule has 66 heavy (non-hydrogen) atoms. The maximum atomic E-state index is 13.6. The second kappa shape index (κ2) is 18.3. The molecular weight excluding hydrogens is 911 g/mol. The Kier molecular flexibility index (Phi) is 14.1. The van der Waals surface area contributed by atoms with Crippen LogP contribution in [-0.2, 0) is 59.9 Å². The zero-order valence-corrected chi connectivity index (χ0v) is 37.7. The Hall–Kier alpha value is -6.09. The number of carbonyl (C=O) groups excluding carboxylic acids is 8. The van der Waals surface area contributed by atoms with Crippen molar-refractivity contribution < 1.29 is 95.6 Å². The van der Waals surface area contributed by atoms with Crippen LogP contribution in [0.1, 0.15) is 118 Å². The van der Waals surface area contributed by atoms with Gasteiger partial charge in [-0.3, -0.25) is 14.8 Å². The molecule has 2 saturated heterocycles. The second-order valence-electron chi connectivity index (χ2n) is 18.4. The van der Waals surface area contributed by atoms with Crippen LogP contribution in [0.4, 0.5) is 0 Å². The summed E-state index contributed by atoms with van der Waals surface area (Å²) in [5.41, 5.74) is -8.37. The van der Waals surface area contributed by atoms with E-state index in [1.165, 1.54) is 39.8 Å². The Balaban J connectivity index is 0.00000817. The molecular formula is C45H45CoN4O16-9. The smallest absolute Gasteiger partial charge is 0.306 e. The Labute approximate surface area is 388 Å². The molecule has 0 aromatic rings. The molecule has 6 aliphatic rings. The third kappa shape index (κ3) is 8.93. The van der Waals surface area contributed by atoms with Gasteiger partial charge in [0.2, 0.25) is 0 Å². The molecule has 7 atom stereocenters. The molecule has 6 rings (SSSR count). The van der Waals surface area contributed by atoms with E-state index < -0.39 is 138 Å². The van der Waals surface area contributed by atoms with E-state index >= 15 is 0 Å². The van der Waals surface area contributed by atoms with Gasteiger partial charge in [0, 0.05) is 111 Å². The molecule has 359 valence electrons. The Morgan fingerprint density at radius 2 is 1.26 bits per heavy atom. The van der Waals surface area contributed by atoms with Crippen LogP contribution in [0.15, 0.2) is 67.2 Å². The summed E-state index contributed by atoms with van der Waals surface area (Å²) < 4.78 is 5.88. The van der Waals surface area contributed by atoms with Gasteiger partial charge >= 0.3 is 5.97 Å². The van der Waals surface area contributed by atoms with Crippen molar-refractivity contribution in [3.63, 3.8) is 0 Å². The topological polar surface area (TPSA) is 360 Å². The first kappa shape index (κ1) is 50.9. The number of rotatable bonds is 18. The summed E-state index contributed by atoms with van der Waals surface area (Å²) in [6.07, 6.45) is -5.76. The fraction of sp³-hybridized carbons (Fsp3) is 0.556. The van der Waals surface area contributed by atoms with Gasteiger partial charge in [-0.1, -0.05) is 49.6 Å². The van der Waals surface area contributed by atoms with E-state index in [-0.39, 0.29) is 105 Å². The molecule has 1 spiro atoms. The van der Waals surface area contributed by atoms with E-state index in [0.29, 0.717) is 0 Å². The zero-order chi connectivity index (χ0) is 48.2. The van der Waals surface area contributed by atoms with Crippen LogP contribution in [0.2, 0.25) is 0 Å². The standard InChI is InChI=1S/C45H54N4O16.Co/c1-21-45-40-26(15-37(60)61)41(2,13-12-35(56)57)30(47-40)16-27-22(6-9-32(50)51)25(14-36(58)59)44(5,48-27)18-29-23(7-10-33(52)53)42(3,19-38(62)63)31(46-29)17-28(49-45)24(8-11-34(54)55)43(45,4)20-39(64)65-21;/h16-17,21,24H,6-15,18-20H2,1-5H3,(H9,46,47,48,49,50,51,52,53,54,55,56,57,58,59,60,61,62,63);/p-9/t21?,24-,41-,42+,43+,44+,45?;/m1./s1. The molecule has 0 aromatic carbocycles. The molecule has 6 heterocycles. The monoisotopic (exact) mass is 956 g/mol. The first-order chi connectivity index (χ1) is 30.2. The van der Waals surface area contributed by atoms with E-state index in [1.54, 1.807) is 6.92 Å². The Morgan fingerprint density at radius 3 is 1.83 bits per heavy atom. The van der Waals surface area contributed by atoms with E-state index in [2.05, 4.69) is 0 Å². The van der Waals surface area contributed by atoms with Gasteiger partial charge in [0.25, 0.3) is 0 Å². The molecule has 0 aliphatic carbocycles. The number of hydrogen-bond donors (Lipinski definition) is 0. The van der Waals surface area contributed by atoms with Crippen molar-refractivity contribution in [3.05, 3.63) is 67.9 Å². The summed E-state index contributed by atoms with van der Waals surface area (Å²) in [4.78, 5) is 110. The summed E-state index contributed by atoms with van der Waals surface area (Å²) in [6, 6.07) is 0. The average molecular weight is 957 g/mol. The predicted molar refractivity (Wildman–Crippen MR) is 208 cm³/mol. The molecule has 0 aromatic heterocycles. The minimum absolute atomic E-state index is 0. The third-order valence-electron chi connectivity index (χ3n) is 14.2. The Morgan fingerprint density at radius 1 is 0.682 bits per heavy atom. The number of allylic oxidation sites excluding steroid dienone is 5. The first-order valence-electron chi connectivity index (χ1n) is 21.1. The SMILES string of the molecule is CC1OC(=O)C[C@@]2(C)[C@H](CCC(=O)[O-])/C3=C/C4=NC(=C(CCC(=O)[O-])[C@]4(C)CC(=O)[O-])C[C@]4(C)[N-]/C(=C\C5=NC(=C(CC(=O)[O-])[C@@]5(C)CCC(=O)[O-])C12[N-]3)C(CCC(=O)[O-])=C4CC(=O)[O-].[Co]. The normalized spacial score (nSPS) is 32.4. The molecule has 21 heteroatoms. The van der Waals surface area contributed by atoms with Gasteiger partial charge in [0.05, 0.1) is 12.5 Å². The average Bonchev–Trinajstić information content (AvgIpc) is 3.76. The van der Waals surface area contributed by atoms with Crippen molar-refractivity contribution in [1.82, 2.24) is 0 Å². The molecule has 6 aliphatic heterocycles. The number of carbonyl (C=O) groups is 8. The number of fused-ring (bicyclic) bond motifs is 5. The number of hydrogen-bond acceptors (Lipinski definition) is 18. The number of aliphatic carboxylic acids is 7. The number of cyclic esters (lactones) is 1. The number of ether oxygens (including phenoxy) is 1. The van der Waals surface area contributed by atoms with E-state index in [0.717, 1.165) is 0 Å². The molecule has 0 N–H and O–H groups in total. The minimum atomic E-state index is -1.91. The second-order valence-corrected chi connectivity index (χ2v) is 18.4. The number of carboxylic acid groups (broad SMARTS) is 7. The molecule has 0 amide bonds. The number of carboxylic acids is 7. The van der Waals surface area contributed by atoms with Crippen molar-refractivity contribution in [1.29, 1.82) is 0 Å². The number of aliphatic imine (C=N–C) groups is 2. The summed E-state index contributed by atoms with van der Waals surface area (Å²) in [5, 5.41) is 96.5. The molecule has 2 unspecified atom stereocenters. The number of nitrogens with zero attached hydrogens (tertiary/aromatic N) is 4. The zero-order valence-electron chi connectivity index (χ0n) is 36.7. The van der Waals surface area contributed by atoms with Crippen molar-refractivity contribution in [2.24, 2.45) is 32.1 Å². The maximum Gasteiger partial charge on any atom is 0.306 e. The van der Waals surface area contributed by atoms with Crippen LogP contribution in [0.3, 0.4) is 0 Å². The van der Waals surface area contributed by atoms with Gasteiger partial charge < -0.3 is 84.7 Å². The molecule has 20 nitrogen and oxygen atoms in total. The fourth-order valence-electron chi connectivity index (χ4n) is 11.1. The molecule has 1 radical (unpaired) electrons.